The first-order valence-electron chi connectivity index (χ1n) is 9.44. The van der Waals surface area contributed by atoms with Crippen LogP contribution in [0.25, 0.3) is 33.5 Å². The minimum Gasteiger partial charge on any atom is -1.00 e. The summed E-state index contributed by atoms with van der Waals surface area (Å²) in [5.74, 6) is 1.67. The van der Waals surface area contributed by atoms with Crippen LogP contribution in [-0.4, -0.2) is 35.3 Å². The van der Waals surface area contributed by atoms with E-state index in [9.17, 15) is 0 Å². The molecule has 1 N–H and O–H groups in total. The number of para-hydroxylation sites is 1. The van der Waals surface area contributed by atoms with E-state index in [-0.39, 0.29) is 24.6 Å². The Morgan fingerprint density at radius 2 is 1.57 bits per heavy atom. The number of nitrogens with one attached hydrogen (secondary N) is 1. The van der Waals surface area contributed by atoms with Gasteiger partial charge < -0.3 is 21.6 Å². The Morgan fingerprint density at radius 1 is 0.893 bits per heavy atom. The van der Waals surface area contributed by atoms with Gasteiger partial charge in [-0.15, -0.1) is 0 Å². The molecule has 2 atom stereocenters. The second-order valence-corrected chi connectivity index (χ2v) is 7.31. The third-order valence-electron chi connectivity index (χ3n) is 5.12. The Hall–Kier alpha value is -2.47. The van der Waals surface area contributed by atoms with Gasteiger partial charge in [-0.3, -0.25) is 4.90 Å². The molecule has 0 radical (unpaired) electrons. The van der Waals surface area contributed by atoms with Crippen LogP contribution in [-0.2, 0) is 4.74 Å². The molecule has 1 aliphatic heterocycles. The molecular formula is C22H22ClN3O2. The first-order valence-corrected chi connectivity index (χ1v) is 9.44. The molecule has 144 valence electrons. The van der Waals surface area contributed by atoms with Crippen LogP contribution in [0.1, 0.15) is 13.8 Å². The van der Waals surface area contributed by atoms with Crippen molar-refractivity contribution in [3.63, 3.8) is 0 Å². The molecule has 5 nitrogen and oxygen atoms in total. The zero-order valence-electron chi connectivity index (χ0n) is 15.9. The van der Waals surface area contributed by atoms with Crippen molar-refractivity contribution in [3.05, 3.63) is 54.6 Å². The number of nitrogens with zero attached hydrogens (tertiary/aromatic N) is 2. The lowest BCUT2D eigenvalue weighted by Crippen LogP contribution is -3.11. The van der Waals surface area contributed by atoms with Crippen LogP contribution < -0.4 is 17.3 Å². The van der Waals surface area contributed by atoms with Crippen molar-refractivity contribution >= 4 is 27.9 Å². The molecule has 1 saturated heterocycles. The SMILES string of the molecule is CC1C[NH+](c2nc(-c3ccccc3)nc3c2oc2ccccc23)CC(C)O1.[Cl-]. The maximum Gasteiger partial charge on any atom is 0.274 e. The zero-order valence-corrected chi connectivity index (χ0v) is 16.6. The summed E-state index contributed by atoms with van der Waals surface area (Å²) in [6.45, 7) is 5.96. The zero-order chi connectivity index (χ0) is 18.4. The Labute approximate surface area is 169 Å². The van der Waals surface area contributed by atoms with E-state index in [0.717, 1.165) is 52.4 Å². The fourth-order valence-electron chi connectivity index (χ4n) is 4.01. The molecule has 6 heteroatoms. The highest BCUT2D eigenvalue weighted by Gasteiger charge is 2.32. The summed E-state index contributed by atoms with van der Waals surface area (Å²) in [7, 11) is 0. The fraction of sp³-hybridized carbons (Fsp3) is 0.273. The quantitative estimate of drug-likeness (QED) is 0.533. The van der Waals surface area contributed by atoms with Crippen LogP contribution in [0.4, 0.5) is 5.82 Å². The number of quaternary nitrogens is 1. The van der Waals surface area contributed by atoms with Gasteiger partial charge in [-0.05, 0) is 26.0 Å². The molecule has 1 aliphatic rings. The number of hydrogen-bond donors (Lipinski definition) is 1. The maximum absolute atomic E-state index is 6.21. The van der Waals surface area contributed by atoms with Crippen molar-refractivity contribution in [2.75, 3.05) is 13.1 Å². The van der Waals surface area contributed by atoms with Crippen molar-refractivity contribution in [1.29, 1.82) is 0 Å². The Kier molecular flexibility index (Phi) is 5.06. The largest absolute Gasteiger partial charge is 1.00 e. The van der Waals surface area contributed by atoms with Crippen molar-refractivity contribution in [2.24, 2.45) is 0 Å². The average molecular weight is 396 g/mol. The first kappa shape index (κ1) is 18.9. The molecule has 0 spiro atoms. The van der Waals surface area contributed by atoms with Crippen molar-refractivity contribution in [2.45, 2.75) is 26.1 Å². The Balaban J connectivity index is 0.00000192. The number of hydrogen-bond acceptors (Lipinski definition) is 4. The van der Waals surface area contributed by atoms with Crippen LogP contribution in [0.2, 0.25) is 0 Å². The predicted molar refractivity (Wildman–Crippen MR) is 105 cm³/mol. The van der Waals surface area contributed by atoms with E-state index in [1.165, 1.54) is 4.90 Å². The van der Waals surface area contributed by atoms with Crippen LogP contribution >= 0.6 is 0 Å². The number of benzene rings is 2. The van der Waals surface area contributed by atoms with E-state index >= 15 is 0 Å². The molecule has 2 aromatic heterocycles. The van der Waals surface area contributed by atoms with Crippen molar-refractivity contribution in [1.82, 2.24) is 9.97 Å². The third kappa shape index (κ3) is 3.26. The monoisotopic (exact) mass is 395 g/mol. The smallest absolute Gasteiger partial charge is 0.274 e. The molecule has 0 bridgehead atoms. The molecule has 2 aromatic carbocycles. The van der Waals surface area contributed by atoms with Gasteiger partial charge in [-0.25, -0.2) is 4.98 Å². The summed E-state index contributed by atoms with van der Waals surface area (Å²) >= 11 is 0. The van der Waals surface area contributed by atoms with Gasteiger partial charge in [0, 0.05) is 10.9 Å². The molecule has 4 aromatic rings. The Morgan fingerprint density at radius 3 is 2.32 bits per heavy atom. The number of rotatable bonds is 2. The second kappa shape index (κ2) is 7.51. The molecule has 0 amide bonds. The molecular weight excluding hydrogens is 374 g/mol. The lowest BCUT2D eigenvalue weighted by molar-refractivity contribution is -0.852. The number of aromatic nitrogens is 2. The van der Waals surface area contributed by atoms with E-state index in [2.05, 4.69) is 19.9 Å². The van der Waals surface area contributed by atoms with Crippen LogP contribution in [0.15, 0.2) is 59.0 Å². The minimum absolute atomic E-state index is 0. The van der Waals surface area contributed by atoms with Crippen LogP contribution in [0, 0.1) is 0 Å². The molecule has 5 rings (SSSR count). The lowest BCUT2D eigenvalue weighted by atomic mass is 10.2. The summed E-state index contributed by atoms with van der Waals surface area (Å²) < 4.78 is 12.1. The minimum atomic E-state index is 0. The maximum atomic E-state index is 6.21. The van der Waals surface area contributed by atoms with E-state index in [0.29, 0.717) is 0 Å². The number of halogens is 1. The van der Waals surface area contributed by atoms with Gasteiger partial charge in [0.1, 0.15) is 36.4 Å². The highest BCUT2D eigenvalue weighted by Crippen LogP contribution is 2.32. The lowest BCUT2D eigenvalue weighted by Gasteiger charge is -2.31. The molecule has 3 heterocycles. The summed E-state index contributed by atoms with van der Waals surface area (Å²) in [6.07, 6.45) is 0.358. The van der Waals surface area contributed by atoms with E-state index < -0.39 is 0 Å². The van der Waals surface area contributed by atoms with E-state index in [4.69, 9.17) is 19.1 Å². The second-order valence-electron chi connectivity index (χ2n) is 7.31. The summed E-state index contributed by atoms with van der Waals surface area (Å²) in [5, 5.41) is 1.03. The molecule has 1 fully saturated rings. The van der Waals surface area contributed by atoms with E-state index in [1.54, 1.807) is 0 Å². The molecule has 28 heavy (non-hydrogen) atoms. The number of furan rings is 1. The van der Waals surface area contributed by atoms with Gasteiger partial charge in [-0.1, -0.05) is 42.5 Å². The summed E-state index contributed by atoms with van der Waals surface area (Å²) in [4.78, 5) is 11.1. The highest BCUT2D eigenvalue weighted by molar-refractivity contribution is 6.05. The van der Waals surface area contributed by atoms with Gasteiger partial charge in [0.25, 0.3) is 5.82 Å². The normalized spacial score (nSPS) is 22.3. The fourth-order valence-corrected chi connectivity index (χ4v) is 4.01. The number of morpholine rings is 1. The third-order valence-corrected chi connectivity index (χ3v) is 5.12. The first-order chi connectivity index (χ1) is 13.2. The average Bonchev–Trinajstić information content (AvgIpc) is 3.06. The summed E-state index contributed by atoms with van der Waals surface area (Å²) in [5.41, 5.74) is 3.53. The number of fused-ring (bicyclic) bond motifs is 3. The predicted octanol–water partition coefficient (Wildman–Crippen LogP) is 0.371. The van der Waals surface area contributed by atoms with Gasteiger partial charge >= 0.3 is 0 Å². The topological polar surface area (TPSA) is 52.6 Å². The van der Waals surface area contributed by atoms with Crippen molar-refractivity contribution < 1.29 is 26.5 Å². The molecule has 0 saturated carbocycles. The highest BCUT2D eigenvalue weighted by atomic mass is 35.5. The van der Waals surface area contributed by atoms with Gasteiger partial charge in [0.05, 0.1) is 0 Å². The molecule has 2 unspecified atom stereocenters. The van der Waals surface area contributed by atoms with Gasteiger partial charge in [-0.2, -0.15) is 4.98 Å². The molecule has 0 aliphatic carbocycles. The summed E-state index contributed by atoms with van der Waals surface area (Å²) in [6, 6.07) is 18.2. The van der Waals surface area contributed by atoms with Gasteiger partial charge in [0.2, 0.25) is 5.58 Å². The standard InChI is InChI=1S/C22H21N3O2.ClH/c1-14-12-25(13-15(2)26-14)22-20-19(17-10-6-7-11-18(17)27-20)23-21(24-22)16-8-4-3-5-9-16;/h3-11,14-15H,12-13H2,1-2H3;1H. The van der Waals surface area contributed by atoms with Gasteiger partial charge in [0.15, 0.2) is 5.82 Å². The number of ether oxygens (including phenoxy) is 1. The van der Waals surface area contributed by atoms with Crippen molar-refractivity contribution in [3.8, 4) is 11.4 Å². The Bertz CT molecular complexity index is 1100. The van der Waals surface area contributed by atoms with Crippen LogP contribution in [0.5, 0.6) is 0 Å². The van der Waals surface area contributed by atoms with Crippen LogP contribution in [0.3, 0.4) is 0 Å². The van der Waals surface area contributed by atoms with E-state index in [1.807, 2.05) is 48.5 Å².